The Hall–Kier alpha value is -1.10. The van der Waals surface area contributed by atoms with Crippen molar-refractivity contribution in [1.29, 1.82) is 0 Å². The maximum atomic E-state index is 12.5. The summed E-state index contributed by atoms with van der Waals surface area (Å²) in [6.07, 6.45) is 3.09. The molecule has 4 rings (SSSR count). The Morgan fingerprint density at radius 3 is 2.75 bits per heavy atom. The monoisotopic (exact) mass is 351 g/mol. The van der Waals surface area contributed by atoms with Crippen LogP contribution in [0.15, 0.2) is 18.2 Å². The van der Waals surface area contributed by atoms with Gasteiger partial charge in [0.1, 0.15) is 11.5 Å². The van der Waals surface area contributed by atoms with Crippen LogP contribution in [0.1, 0.15) is 37.3 Å². The lowest BCUT2D eigenvalue weighted by Crippen LogP contribution is -2.76. The van der Waals surface area contributed by atoms with E-state index in [-0.39, 0.29) is 35.4 Å². The number of rotatable bonds is 2. The summed E-state index contributed by atoms with van der Waals surface area (Å²) in [5.41, 5.74) is 2.07. The molecule has 3 aliphatic rings. The molecule has 0 aromatic heterocycles. The Balaban J connectivity index is 0.00000169. The Labute approximate surface area is 149 Å². The third-order valence-corrected chi connectivity index (χ3v) is 6.57. The molecule has 1 unspecified atom stereocenters. The largest absolute Gasteiger partial charge is 0.497 e. The van der Waals surface area contributed by atoms with E-state index in [0.717, 1.165) is 25.1 Å². The highest BCUT2D eigenvalue weighted by atomic mass is 35.5. The zero-order chi connectivity index (χ0) is 16.2. The van der Waals surface area contributed by atoms with Gasteiger partial charge in [-0.25, -0.2) is 0 Å². The molecule has 0 radical (unpaired) electrons. The maximum absolute atomic E-state index is 12.5. The minimum Gasteiger partial charge on any atom is -0.497 e. The molecule has 1 saturated carbocycles. The van der Waals surface area contributed by atoms with Gasteiger partial charge in [-0.2, -0.15) is 0 Å². The van der Waals surface area contributed by atoms with E-state index in [1.54, 1.807) is 7.11 Å². The fourth-order valence-electron chi connectivity index (χ4n) is 5.81. The molecule has 1 heterocycles. The van der Waals surface area contributed by atoms with Crippen LogP contribution in [0.25, 0.3) is 0 Å². The van der Waals surface area contributed by atoms with Crippen LogP contribution in [0.2, 0.25) is 0 Å². The van der Waals surface area contributed by atoms with Gasteiger partial charge in [0.25, 0.3) is 0 Å². The topological polar surface area (TPSA) is 47.6 Å². The van der Waals surface area contributed by atoms with E-state index in [9.17, 15) is 4.79 Å². The molecule has 1 saturated heterocycles. The van der Waals surface area contributed by atoms with Crippen molar-refractivity contribution in [2.24, 2.45) is 5.92 Å². The Kier molecular flexibility index (Phi) is 4.44. The van der Waals surface area contributed by atoms with Gasteiger partial charge in [0.2, 0.25) is 0 Å². The molecule has 4 nitrogen and oxygen atoms in total. The van der Waals surface area contributed by atoms with Gasteiger partial charge in [-0.1, -0.05) is 13.0 Å². The fourth-order valence-corrected chi connectivity index (χ4v) is 5.81. The molecule has 5 heteroatoms. The Bertz CT molecular complexity index is 664. The second-order valence-electron chi connectivity index (χ2n) is 7.38. The lowest BCUT2D eigenvalue weighted by Gasteiger charge is -2.64. The molecular formula is C19H26ClNO3. The first kappa shape index (κ1) is 17.7. The second kappa shape index (κ2) is 6.01. The van der Waals surface area contributed by atoms with Crippen molar-refractivity contribution in [2.45, 2.75) is 49.7 Å². The van der Waals surface area contributed by atoms with Gasteiger partial charge in [-0.05, 0) is 48.6 Å². The minimum absolute atomic E-state index is 0. The van der Waals surface area contributed by atoms with Crippen molar-refractivity contribution >= 4 is 18.2 Å². The van der Waals surface area contributed by atoms with Gasteiger partial charge in [0, 0.05) is 31.4 Å². The van der Waals surface area contributed by atoms with E-state index in [1.807, 2.05) is 13.2 Å². The highest BCUT2D eigenvalue weighted by Crippen LogP contribution is 2.59. The molecule has 0 spiro atoms. The molecular weight excluding hydrogens is 326 g/mol. The first-order valence-electron chi connectivity index (χ1n) is 8.55. The number of hydrogen-bond donors (Lipinski definition) is 1. The van der Waals surface area contributed by atoms with E-state index < -0.39 is 0 Å². The van der Waals surface area contributed by atoms with Gasteiger partial charge in [-0.15, -0.1) is 12.4 Å². The molecule has 4 atom stereocenters. The number of methoxy groups -OCH3 is 2. The molecule has 2 aliphatic carbocycles. The molecule has 1 aromatic rings. The predicted molar refractivity (Wildman–Crippen MR) is 95.2 cm³/mol. The molecule has 132 valence electrons. The first-order valence-corrected chi connectivity index (χ1v) is 8.55. The number of hydrogen-bond acceptors (Lipinski definition) is 4. The van der Waals surface area contributed by atoms with E-state index in [0.29, 0.717) is 18.6 Å². The van der Waals surface area contributed by atoms with Crippen molar-refractivity contribution < 1.29 is 14.3 Å². The van der Waals surface area contributed by atoms with Crippen LogP contribution in [0.3, 0.4) is 0 Å². The maximum Gasteiger partial charge on any atom is 0.134 e. The molecule has 1 aliphatic heterocycles. The number of Topliss-reactive ketones (excluding diaryl/α,β-unsaturated/α-hetero) is 1. The van der Waals surface area contributed by atoms with Crippen LogP contribution in [0.4, 0.5) is 0 Å². The average Bonchev–Trinajstić information content (AvgIpc) is 2.54. The molecule has 0 amide bonds. The van der Waals surface area contributed by atoms with E-state index >= 15 is 0 Å². The van der Waals surface area contributed by atoms with Crippen LogP contribution in [0.5, 0.6) is 5.75 Å². The summed E-state index contributed by atoms with van der Waals surface area (Å²) >= 11 is 0. The summed E-state index contributed by atoms with van der Waals surface area (Å²) in [5.74, 6) is 1.44. The van der Waals surface area contributed by atoms with Crippen molar-refractivity contribution in [3.8, 4) is 5.75 Å². The minimum atomic E-state index is -0.307. The molecule has 24 heavy (non-hydrogen) atoms. The van der Waals surface area contributed by atoms with Crippen LogP contribution in [-0.2, 0) is 21.4 Å². The number of carbonyl (C=O) groups is 1. The summed E-state index contributed by atoms with van der Waals surface area (Å²) in [4.78, 5) is 12.5. The third-order valence-electron chi connectivity index (χ3n) is 6.57. The lowest BCUT2D eigenvalue weighted by atomic mass is 9.47. The fraction of sp³-hybridized carbons (Fsp3) is 0.632. The van der Waals surface area contributed by atoms with Crippen LogP contribution in [-0.4, -0.2) is 38.2 Å². The lowest BCUT2D eigenvalue weighted by molar-refractivity contribution is -0.182. The quantitative estimate of drug-likeness (QED) is 0.890. The zero-order valence-electron chi connectivity index (χ0n) is 14.6. The van der Waals surface area contributed by atoms with Gasteiger partial charge >= 0.3 is 0 Å². The standard InChI is InChI=1S/C19H25NO3.ClH/c1-12-8-14(21)11-18-6-7-20-17(19(12,18)23-3)9-13-4-5-15(22-2)10-16(13)18;/h4-5,10,12,17,20H,6-9,11H2,1-3H3;1H/t12-,17+,18+,19?;/m0./s1. The first-order chi connectivity index (χ1) is 11.1. The average molecular weight is 352 g/mol. The highest BCUT2D eigenvalue weighted by molar-refractivity contribution is 5.85. The Morgan fingerprint density at radius 2 is 2.04 bits per heavy atom. The summed E-state index contributed by atoms with van der Waals surface area (Å²) < 4.78 is 11.7. The van der Waals surface area contributed by atoms with Gasteiger partial charge in [-0.3, -0.25) is 4.79 Å². The normalized spacial score (nSPS) is 37.0. The summed E-state index contributed by atoms with van der Waals surface area (Å²) in [6.45, 7) is 3.12. The molecule has 1 aromatic carbocycles. The zero-order valence-corrected chi connectivity index (χ0v) is 15.4. The SMILES string of the molecule is COc1ccc2c(c1)[C@]13CCN[C@H](C2)C1(OC)[C@@H](C)CC(=O)C3.Cl. The van der Waals surface area contributed by atoms with Crippen molar-refractivity contribution in [3.63, 3.8) is 0 Å². The number of benzene rings is 1. The number of piperidine rings is 1. The van der Waals surface area contributed by atoms with E-state index in [4.69, 9.17) is 9.47 Å². The number of halogens is 1. The summed E-state index contributed by atoms with van der Waals surface area (Å²) in [5, 5.41) is 3.68. The molecule has 2 bridgehead atoms. The number of fused-ring (bicyclic) bond motifs is 1. The second-order valence-corrected chi connectivity index (χ2v) is 7.38. The summed E-state index contributed by atoms with van der Waals surface area (Å²) in [6, 6.07) is 6.61. The summed E-state index contributed by atoms with van der Waals surface area (Å²) in [7, 11) is 3.53. The van der Waals surface area contributed by atoms with Gasteiger partial charge in [0.05, 0.1) is 12.7 Å². The van der Waals surface area contributed by atoms with Gasteiger partial charge < -0.3 is 14.8 Å². The number of nitrogens with one attached hydrogen (secondary N) is 1. The smallest absolute Gasteiger partial charge is 0.134 e. The highest BCUT2D eigenvalue weighted by Gasteiger charge is 2.66. The number of ketones is 1. The Morgan fingerprint density at radius 1 is 1.25 bits per heavy atom. The predicted octanol–water partition coefficient (Wildman–Crippen LogP) is 2.66. The van der Waals surface area contributed by atoms with Crippen molar-refractivity contribution in [3.05, 3.63) is 29.3 Å². The van der Waals surface area contributed by atoms with Crippen molar-refractivity contribution in [1.82, 2.24) is 5.32 Å². The van der Waals surface area contributed by atoms with Crippen LogP contribution < -0.4 is 10.1 Å². The number of ether oxygens (including phenoxy) is 2. The molecule has 1 N–H and O–H groups in total. The van der Waals surface area contributed by atoms with Crippen molar-refractivity contribution in [2.75, 3.05) is 20.8 Å². The van der Waals surface area contributed by atoms with Crippen LogP contribution in [0, 0.1) is 5.92 Å². The van der Waals surface area contributed by atoms with Gasteiger partial charge in [0.15, 0.2) is 0 Å². The third kappa shape index (κ3) is 2.03. The van der Waals surface area contributed by atoms with Crippen LogP contribution >= 0.6 is 12.4 Å². The molecule has 2 fully saturated rings. The van der Waals surface area contributed by atoms with E-state index in [2.05, 4.69) is 24.4 Å². The van der Waals surface area contributed by atoms with E-state index in [1.165, 1.54) is 11.1 Å². The number of carbonyl (C=O) groups excluding carboxylic acids is 1.